The minimum atomic E-state index is 0.464. The van der Waals surface area contributed by atoms with Crippen LogP contribution < -0.4 is 5.32 Å². The van der Waals surface area contributed by atoms with Gasteiger partial charge in [-0.25, -0.2) is 0 Å². The molecule has 2 aromatic rings. The van der Waals surface area contributed by atoms with Crippen LogP contribution in [0.1, 0.15) is 36.4 Å². The fourth-order valence-electron chi connectivity index (χ4n) is 2.81. The molecule has 0 fully saturated rings. The van der Waals surface area contributed by atoms with Gasteiger partial charge in [-0.2, -0.15) is 0 Å². The molecular weight excluding hydrogens is 218 g/mol. The van der Waals surface area contributed by atoms with E-state index in [1.807, 2.05) is 0 Å². The zero-order chi connectivity index (χ0) is 12.2. The van der Waals surface area contributed by atoms with Crippen LogP contribution in [-0.4, -0.2) is 0 Å². The van der Waals surface area contributed by atoms with Gasteiger partial charge in [0.1, 0.15) is 0 Å². The number of aryl methyl sites for hydroxylation is 1. The Bertz CT molecular complexity index is 504. The molecule has 0 unspecified atom stereocenters. The number of hydrogen-bond acceptors (Lipinski definition) is 1. The number of para-hydroxylation sites is 1. The maximum absolute atomic E-state index is 3.68. The van der Waals surface area contributed by atoms with Crippen molar-refractivity contribution in [1.29, 1.82) is 0 Å². The van der Waals surface area contributed by atoms with Crippen LogP contribution in [0.2, 0.25) is 0 Å². The normalized spacial score (nSPS) is 18.8. The average molecular weight is 237 g/mol. The molecule has 0 radical (unpaired) electrons. The van der Waals surface area contributed by atoms with Crippen LogP contribution in [0.5, 0.6) is 0 Å². The molecule has 2 aromatic carbocycles. The van der Waals surface area contributed by atoms with Gasteiger partial charge in [-0.05, 0) is 42.5 Å². The van der Waals surface area contributed by atoms with Gasteiger partial charge in [-0.1, -0.05) is 48.9 Å². The Morgan fingerprint density at radius 3 is 2.50 bits per heavy atom. The maximum atomic E-state index is 3.68. The summed E-state index contributed by atoms with van der Waals surface area (Å²) in [5, 5.41) is 3.68. The van der Waals surface area contributed by atoms with E-state index < -0.39 is 0 Å². The summed E-state index contributed by atoms with van der Waals surface area (Å²) < 4.78 is 0. The van der Waals surface area contributed by atoms with Crippen molar-refractivity contribution < 1.29 is 0 Å². The zero-order valence-corrected chi connectivity index (χ0v) is 10.6. The first-order valence-corrected chi connectivity index (χ1v) is 6.83. The molecule has 0 saturated carbocycles. The fourth-order valence-corrected chi connectivity index (χ4v) is 2.81. The van der Waals surface area contributed by atoms with Crippen molar-refractivity contribution in [1.82, 2.24) is 0 Å². The first kappa shape index (κ1) is 11.3. The number of anilines is 1. The quantitative estimate of drug-likeness (QED) is 0.755. The SMILES string of the molecule is c1ccc(N[C@@H]2CCCCc3ccccc32)cc1. The monoisotopic (exact) mass is 237 g/mol. The topological polar surface area (TPSA) is 12.0 Å². The van der Waals surface area contributed by atoms with Crippen molar-refractivity contribution >= 4 is 5.69 Å². The molecule has 1 nitrogen and oxygen atoms in total. The van der Waals surface area contributed by atoms with E-state index >= 15 is 0 Å². The first-order chi connectivity index (χ1) is 8.93. The molecule has 0 spiro atoms. The second-order valence-corrected chi connectivity index (χ2v) is 5.01. The van der Waals surface area contributed by atoms with Crippen molar-refractivity contribution in [2.75, 3.05) is 5.32 Å². The molecule has 92 valence electrons. The van der Waals surface area contributed by atoms with Crippen molar-refractivity contribution in [3.8, 4) is 0 Å². The lowest BCUT2D eigenvalue weighted by molar-refractivity contribution is 0.644. The molecule has 3 rings (SSSR count). The molecule has 0 aromatic heterocycles. The lowest BCUT2D eigenvalue weighted by Crippen LogP contribution is -2.11. The average Bonchev–Trinajstić information content (AvgIpc) is 2.63. The number of fused-ring (bicyclic) bond motifs is 1. The number of rotatable bonds is 2. The third-order valence-electron chi connectivity index (χ3n) is 3.73. The third kappa shape index (κ3) is 2.40. The van der Waals surface area contributed by atoms with Crippen LogP contribution in [0.4, 0.5) is 5.69 Å². The number of nitrogens with one attached hydrogen (secondary N) is 1. The molecule has 18 heavy (non-hydrogen) atoms. The molecule has 1 atom stereocenters. The second-order valence-electron chi connectivity index (χ2n) is 5.01. The smallest absolute Gasteiger partial charge is 0.0516 e. The van der Waals surface area contributed by atoms with Gasteiger partial charge in [0.25, 0.3) is 0 Å². The molecule has 1 aliphatic carbocycles. The second kappa shape index (κ2) is 5.26. The van der Waals surface area contributed by atoms with Crippen LogP contribution in [0.15, 0.2) is 54.6 Å². The van der Waals surface area contributed by atoms with E-state index in [4.69, 9.17) is 0 Å². The van der Waals surface area contributed by atoms with E-state index in [-0.39, 0.29) is 0 Å². The summed E-state index contributed by atoms with van der Waals surface area (Å²) >= 11 is 0. The van der Waals surface area contributed by atoms with Crippen molar-refractivity contribution in [3.05, 3.63) is 65.7 Å². The number of hydrogen-bond donors (Lipinski definition) is 1. The Hall–Kier alpha value is -1.76. The Morgan fingerprint density at radius 2 is 1.61 bits per heavy atom. The van der Waals surface area contributed by atoms with Gasteiger partial charge in [0.2, 0.25) is 0 Å². The molecule has 0 bridgehead atoms. The summed E-state index contributed by atoms with van der Waals surface area (Å²) in [5.74, 6) is 0. The summed E-state index contributed by atoms with van der Waals surface area (Å²) in [5.41, 5.74) is 4.22. The van der Waals surface area contributed by atoms with Crippen molar-refractivity contribution in [3.63, 3.8) is 0 Å². The number of benzene rings is 2. The van der Waals surface area contributed by atoms with Gasteiger partial charge in [-0.15, -0.1) is 0 Å². The zero-order valence-electron chi connectivity index (χ0n) is 10.6. The largest absolute Gasteiger partial charge is 0.378 e. The molecule has 0 heterocycles. The summed E-state index contributed by atoms with van der Waals surface area (Å²) in [6.45, 7) is 0. The highest BCUT2D eigenvalue weighted by atomic mass is 14.9. The van der Waals surface area contributed by atoms with Crippen LogP contribution in [0.3, 0.4) is 0 Å². The van der Waals surface area contributed by atoms with E-state index in [9.17, 15) is 0 Å². The molecular formula is C17H19N. The van der Waals surface area contributed by atoms with Gasteiger partial charge in [-0.3, -0.25) is 0 Å². The highest BCUT2D eigenvalue weighted by Gasteiger charge is 2.17. The minimum Gasteiger partial charge on any atom is -0.378 e. The van der Waals surface area contributed by atoms with Gasteiger partial charge in [0.15, 0.2) is 0 Å². The van der Waals surface area contributed by atoms with Crippen LogP contribution in [0, 0.1) is 0 Å². The van der Waals surface area contributed by atoms with E-state index in [0.29, 0.717) is 6.04 Å². The molecule has 1 N–H and O–H groups in total. The molecule has 0 aliphatic heterocycles. The summed E-state index contributed by atoms with van der Waals surface area (Å²) in [4.78, 5) is 0. The molecule has 1 heteroatoms. The van der Waals surface area contributed by atoms with Crippen LogP contribution in [-0.2, 0) is 6.42 Å². The van der Waals surface area contributed by atoms with Gasteiger partial charge >= 0.3 is 0 Å². The highest BCUT2D eigenvalue weighted by Crippen LogP contribution is 2.31. The Balaban J connectivity index is 1.88. The van der Waals surface area contributed by atoms with Crippen molar-refractivity contribution in [2.45, 2.75) is 31.7 Å². The van der Waals surface area contributed by atoms with E-state index in [0.717, 1.165) is 0 Å². The highest BCUT2D eigenvalue weighted by molar-refractivity contribution is 5.46. The lowest BCUT2D eigenvalue weighted by Gasteiger charge is -2.20. The standard InChI is InChI=1S/C17H19N/c1-2-10-15(11-3-1)18-17-13-7-5-9-14-8-4-6-12-16(14)17/h1-4,6,8,10-12,17-18H,5,7,9,13H2/t17-/m1/s1. The lowest BCUT2D eigenvalue weighted by atomic mass is 9.99. The predicted octanol–water partition coefficient (Wildman–Crippen LogP) is 4.57. The van der Waals surface area contributed by atoms with Gasteiger partial charge in [0, 0.05) is 5.69 Å². The van der Waals surface area contributed by atoms with Crippen molar-refractivity contribution in [2.24, 2.45) is 0 Å². The fraction of sp³-hybridized carbons (Fsp3) is 0.294. The summed E-state index contributed by atoms with van der Waals surface area (Å²) in [7, 11) is 0. The van der Waals surface area contributed by atoms with E-state index in [2.05, 4.69) is 59.9 Å². The Kier molecular flexibility index (Phi) is 3.31. The van der Waals surface area contributed by atoms with E-state index in [1.54, 1.807) is 0 Å². The van der Waals surface area contributed by atoms with Crippen LogP contribution >= 0.6 is 0 Å². The molecule has 0 saturated heterocycles. The predicted molar refractivity (Wildman–Crippen MR) is 76.8 cm³/mol. The maximum Gasteiger partial charge on any atom is 0.0516 e. The summed E-state index contributed by atoms with van der Waals surface area (Å²) in [6, 6.07) is 19.9. The summed E-state index contributed by atoms with van der Waals surface area (Å²) in [6.07, 6.45) is 5.07. The Labute approximate surface area is 109 Å². The van der Waals surface area contributed by atoms with E-state index in [1.165, 1.54) is 42.5 Å². The third-order valence-corrected chi connectivity index (χ3v) is 3.73. The first-order valence-electron chi connectivity index (χ1n) is 6.83. The van der Waals surface area contributed by atoms with Crippen LogP contribution in [0.25, 0.3) is 0 Å². The minimum absolute atomic E-state index is 0.464. The Morgan fingerprint density at radius 1 is 0.833 bits per heavy atom. The van der Waals surface area contributed by atoms with Gasteiger partial charge < -0.3 is 5.32 Å². The molecule has 1 aliphatic rings. The van der Waals surface area contributed by atoms with Gasteiger partial charge in [0.05, 0.1) is 6.04 Å². The molecule has 0 amide bonds.